The van der Waals surface area contributed by atoms with Gasteiger partial charge < -0.3 is 10.1 Å². The highest BCUT2D eigenvalue weighted by Gasteiger charge is 2.14. The van der Waals surface area contributed by atoms with Gasteiger partial charge in [0.15, 0.2) is 8.68 Å². The summed E-state index contributed by atoms with van der Waals surface area (Å²) in [4.78, 5) is 27.5. The van der Waals surface area contributed by atoms with E-state index in [1.54, 1.807) is 6.07 Å². The van der Waals surface area contributed by atoms with Gasteiger partial charge in [0, 0.05) is 29.1 Å². The highest BCUT2D eigenvalue weighted by Crippen LogP contribution is 2.35. The van der Waals surface area contributed by atoms with E-state index in [9.17, 15) is 14.9 Å². The molecular weight excluding hydrogens is 503 g/mol. The largest absolute Gasteiger partial charge is 0.496 e. The van der Waals surface area contributed by atoms with Crippen molar-refractivity contribution in [3.05, 3.63) is 57.1 Å². The number of aromatic nitrogens is 3. The van der Waals surface area contributed by atoms with Crippen molar-refractivity contribution in [1.29, 1.82) is 0 Å². The van der Waals surface area contributed by atoms with Gasteiger partial charge in [-0.15, -0.1) is 21.5 Å². The lowest BCUT2D eigenvalue weighted by Crippen LogP contribution is -2.13. The number of nitro benzene ring substituents is 1. The molecule has 0 atom stereocenters. The van der Waals surface area contributed by atoms with Gasteiger partial charge in [-0.2, -0.15) is 0 Å². The molecule has 4 aromatic rings. The van der Waals surface area contributed by atoms with Crippen LogP contribution in [0.3, 0.4) is 0 Å². The number of non-ortho nitro benzene ring substituents is 1. The molecule has 0 radical (unpaired) electrons. The second kappa shape index (κ2) is 10.5. The van der Waals surface area contributed by atoms with E-state index in [0.717, 1.165) is 29.5 Å². The first-order chi connectivity index (χ1) is 15.9. The van der Waals surface area contributed by atoms with Crippen LogP contribution >= 0.6 is 46.2 Å². The zero-order chi connectivity index (χ0) is 23.4. The number of methoxy groups -OCH3 is 1. The van der Waals surface area contributed by atoms with Gasteiger partial charge in [-0.3, -0.25) is 14.9 Å². The number of fused-ring (bicyclic) bond motifs is 1. The first kappa shape index (κ1) is 23.4. The summed E-state index contributed by atoms with van der Waals surface area (Å²) in [5, 5.41) is 22.8. The molecule has 33 heavy (non-hydrogen) atoms. The summed E-state index contributed by atoms with van der Waals surface area (Å²) in [6.07, 6.45) is 0. The van der Waals surface area contributed by atoms with Gasteiger partial charge in [0.25, 0.3) is 5.69 Å². The molecule has 0 spiro atoms. The zero-order valence-corrected chi connectivity index (χ0v) is 20.7. The zero-order valence-electron chi connectivity index (χ0n) is 17.4. The monoisotopic (exact) mass is 519 g/mol. The van der Waals surface area contributed by atoms with Crippen LogP contribution in [-0.2, 0) is 10.5 Å². The number of anilines is 1. The van der Waals surface area contributed by atoms with Gasteiger partial charge in [0.2, 0.25) is 5.91 Å². The van der Waals surface area contributed by atoms with E-state index in [0.29, 0.717) is 17.2 Å². The Hall–Kier alpha value is -2.74. The minimum Gasteiger partial charge on any atom is -0.496 e. The Morgan fingerprint density at radius 1 is 1.15 bits per heavy atom. The number of thiazole rings is 1. The van der Waals surface area contributed by atoms with Crippen LogP contribution in [0.25, 0.3) is 10.2 Å². The third-order valence-electron chi connectivity index (χ3n) is 4.31. The quantitative estimate of drug-likeness (QED) is 0.176. The number of nitro groups is 1. The number of benzene rings is 2. The first-order valence-corrected chi connectivity index (χ1v) is 13.1. The molecule has 4 rings (SSSR count). The maximum absolute atomic E-state index is 12.3. The van der Waals surface area contributed by atoms with E-state index in [2.05, 4.69) is 20.5 Å². The summed E-state index contributed by atoms with van der Waals surface area (Å²) in [5.41, 5.74) is 2.27. The molecule has 0 aliphatic rings. The molecule has 0 aliphatic carbocycles. The maximum atomic E-state index is 12.3. The maximum Gasteiger partial charge on any atom is 0.270 e. The van der Waals surface area contributed by atoms with E-state index in [-0.39, 0.29) is 17.3 Å². The van der Waals surface area contributed by atoms with Gasteiger partial charge in [-0.1, -0.05) is 34.9 Å². The molecule has 0 aliphatic heterocycles. The molecular formula is C20H17N5O4S4. The number of thioether (sulfide) groups is 2. The molecule has 13 heteroatoms. The highest BCUT2D eigenvalue weighted by atomic mass is 32.2. The lowest BCUT2D eigenvalue weighted by Gasteiger charge is -2.06. The van der Waals surface area contributed by atoms with Crippen molar-refractivity contribution in [3.63, 3.8) is 0 Å². The number of nitrogens with zero attached hydrogens (tertiary/aromatic N) is 4. The van der Waals surface area contributed by atoms with Crippen molar-refractivity contribution in [1.82, 2.24) is 15.2 Å². The van der Waals surface area contributed by atoms with Gasteiger partial charge in [0.05, 0.1) is 28.0 Å². The van der Waals surface area contributed by atoms with E-state index < -0.39 is 4.92 Å². The predicted octanol–water partition coefficient (Wildman–Crippen LogP) is 5.40. The minimum atomic E-state index is -0.422. The second-order valence-electron chi connectivity index (χ2n) is 6.63. The lowest BCUT2D eigenvalue weighted by molar-refractivity contribution is -0.384. The number of hydrogen-bond acceptors (Lipinski definition) is 11. The van der Waals surface area contributed by atoms with Gasteiger partial charge in [-0.25, -0.2) is 4.98 Å². The Kier molecular flexibility index (Phi) is 7.42. The molecule has 0 fully saturated rings. The average molecular weight is 520 g/mol. The number of rotatable bonds is 9. The Bertz CT molecular complexity index is 1320. The summed E-state index contributed by atoms with van der Waals surface area (Å²) in [7, 11) is 1.54. The van der Waals surface area contributed by atoms with E-state index >= 15 is 0 Å². The Morgan fingerprint density at radius 2 is 2.00 bits per heavy atom. The Labute approximate surface area is 205 Å². The molecule has 0 bridgehead atoms. The molecule has 0 saturated carbocycles. The van der Waals surface area contributed by atoms with Crippen LogP contribution in [0.5, 0.6) is 5.75 Å². The molecule has 0 saturated heterocycles. The van der Waals surface area contributed by atoms with Crippen LogP contribution in [-0.4, -0.2) is 38.9 Å². The van der Waals surface area contributed by atoms with E-state index in [1.807, 2.05) is 25.1 Å². The number of nitrogens with one attached hydrogen (secondary N) is 1. The number of amides is 1. The molecule has 9 nitrogen and oxygen atoms in total. The summed E-state index contributed by atoms with van der Waals surface area (Å²) in [6.45, 7) is 1.87. The van der Waals surface area contributed by atoms with Crippen LogP contribution in [0.15, 0.2) is 45.1 Å². The molecule has 1 N–H and O–H groups in total. The van der Waals surface area contributed by atoms with Crippen LogP contribution in [0, 0.1) is 17.0 Å². The Morgan fingerprint density at radius 3 is 2.73 bits per heavy atom. The number of carbonyl (C=O) groups is 1. The smallest absolute Gasteiger partial charge is 0.270 e. The van der Waals surface area contributed by atoms with Crippen molar-refractivity contribution >= 4 is 73.7 Å². The van der Waals surface area contributed by atoms with E-state index in [4.69, 9.17) is 4.74 Å². The fraction of sp³-hybridized carbons (Fsp3) is 0.200. The van der Waals surface area contributed by atoms with Crippen LogP contribution in [0.1, 0.15) is 10.6 Å². The third kappa shape index (κ3) is 5.99. The van der Waals surface area contributed by atoms with Crippen molar-refractivity contribution in [2.45, 2.75) is 21.4 Å². The number of hydrogen-bond donors (Lipinski definition) is 1. The summed E-state index contributed by atoms with van der Waals surface area (Å²) < 4.78 is 7.86. The molecule has 2 heterocycles. The highest BCUT2D eigenvalue weighted by molar-refractivity contribution is 8.01. The fourth-order valence-corrected chi connectivity index (χ4v) is 6.54. The van der Waals surface area contributed by atoms with Crippen LogP contribution in [0.4, 0.5) is 11.4 Å². The second-order valence-corrected chi connectivity index (χ2v) is 11.3. The van der Waals surface area contributed by atoms with Gasteiger partial charge in [-0.05, 0) is 31.2 Å². The molecule has 0 unspecified atom stereocenters. The minimum absolute atomic E-state index is 0.0236. The molecule has 170 valence electrons. The number of aryl methyl sites for hydroxylation is 1. The van der Waals surface area contributed by atoms with Crippen LogP contribution in [0.2, 0.25) is 0 Å². The van der Waals surface area contributed by atoms with Crippen molar-refractivity contribution in [2.24, 2.45) is 0 Å². The predicted molar refractivity (Wildman–Crippen MR) is 133 cm³/mol. The molecule has 2 aromatic heterocycles. The fourth-order valence-electron chi connectivity index (χ4n) is 2.83. The summed E-state index contributed by atoms with van der Waals surface area (Å²) in [5.74, 6) is 1.21. The van der Waals surface area contributed by atoms with E-state index in [1.165, 1.54) is 65.4 Å². The summed E-state index contributed by atoms with van der Waals surface area (Å²) in [6, 6.07) is 10.1. The molecule has 1 amide bonds. The SMILES string of the molecule is COc1ccc([N+](=O)[O-])cc1CSc1nc2ccc(NC(=O)CSc3nnc(C)s3)cc2s1. The summed E-state index contributed by atoms with van der Waals surface area (Å²) >= 11 is 5.79. The first-order valence-electron chi connectivity index (χ1n) is 9.48. The topological polar surface area (TPSA) is 120 Å². The standard InChI is InChI=1S/C20H17N5O4S4/c1-11-23-24-20(32-11)31-10-18(26)21-13-3-5-15-17(8-13)33-19(22-15)30-9-12-7-14(25(27)28)4-6-16(12)29-2/h3-8H,9-10H2,1-2H3,(H,21,26). The van der Waals surface area contributed by atoms with Crippen molar-refractivity contribution in [2.75, 3.05) is 18.2 Å². The third-order valence-corrected chi connectivity index (χ3v) is 8.49. The number of carbonyl (C=O) groups excluding carboxylic acids is 1. The van der Waals surface area contributed by atoms with Gasteiger partial charge in [0.1, 0.15) is 10.8 Å². The van der Waals surface area contributed by atoms with Crippen molar-refractivity contribution in [3.8, 4) is 5.75 Å². The Balaban J connectivity index is 1.40. The van der Waals surface area contributed by atoms with Crippen molar-refractivity contribution < 1.29 is 14.5 Å². The normalized spacial score (nSPS) is 11.0. The average Bonchev–Trinajstić information content (AvgIpc) is 3.41. The number of ether oxygens (including phenoxy) is 1. The van der Waals surface area contributed by atoms with Crippen LogP contribution < -0.4 is 10.1 Å². The van der Waals surface area contributed by atoms with Gasteiger partial charge >= 0.3 is 0 Å². The lowest BCUT2D eigenvalue weighted by atomic mass is 10.2. The molecule has 2 aromatic carbocycles.